The topological polar surface area (TPSA) is 86.7 Å². The standard InChI is InChI=1S/C15H28O2.C7H14O2.C3H2Cl2O2/c1-3-5-6-7-8-9-10-11-12-13-14-17-15(16)4-2;1-5-7(2,3)6(8)9-4;4-2(6)1-3(5)7/h4H,2-3,5-14H2,1H3;5H2,1-4H3;1H2. The van der Waals surface area contributed by atoms with E-state index in [-0.39, 0.29) is 23.8 Å². The third-order valence-corrected chi connectivity index (χ3v) is 5.08. The lowest BCUT2D eigenvalue weighted by molar-refractivity contribution is -0.150. The van der Waals surface area contributed by atoms with E-state index in [0.717, 1.165) is 12.8 Å². The van der Waals surface area contributed by atoms with Crippen molar-refractivity contribution in [2.45, 2.75) is 105 Å². The molecule has 0 aliphatic heterocycles. The molecule has 6 nitrogen and oxygen atoms in total. The van der Waals surface area contributed by atoms with E-state index in [1.807, 2.05) is 20.8 Å². The number of methoxy groups -OCH3 is 1. The van der Waals surface area contributed by atoms with Gasteiger partial charge in [0.1, 0.15) is 0 Å². The fraction of sp³-hybridized carbons (Fsp3) is 0.760. The van der Waals surface area contributed by atoms with Gasteiger partial charge in [-0.25, -0.2) is 4.79 Å². The largest absolute Gasteiger partial charge is 0.469 e. The average molecular weight is 512 g/mol. The number of hydrogen-bond donors (Lipinski definition) is 0. The van der Waals surface area contributed by atoms with Gasteiger partial charge in [-0.1, -0.05) is 78.2 Å². The first-order valence-electron chi connectivity index (χ1n) is 11.7. The third-order valence-electron chi connectivity index (χ3n) is 4.81. The van der Waals surface area contributed by atoms with Crippen molar-refractivity contribution >= 4 is 45.6 Å². The number of carbonyl (C=O) groups is 4. The molecule has 194 valence electrons. The second-order valence-electron chi connectivity index (χ2n) is 8.17. The van der Waals surface area contributed by atoms with Gasteiger partial charge in [-0.2, -0.15) is 0 Å². The van der Waals surface area contributed by atoms with Gasteiger partial charge in [0, 0.05) is 6.08 Å². The summed E-state index contributed by atoms with van der Waals surface area (Å²) in [6.45, 7) is 11.9. The molecule has 0 N–H and O–H groups in total. The first-order chi connectivity index (χ1) is 15.5. The maximum Gasteiger partial charge on any atom is 0.330 e. The molecule has 0 amide bonds. The second kappa shape index (κ2) is 25.2. The van der Waals surface area contributed by atoms with Crippen LogP contribution in [0.4, 0.5) is 0 Å². The second-order valence-corrected chi connectivity index (χ2v) is 9.01. The Hall–Kier alpha value is -1.40. The molecule has 0 aromatic carbocycles. The van der Waals surface area contributed by atoms with Gasteiger partial charge in [0.05, 0.1) is 25.6 Å². The van der Waals surface area contributed by atoms with Gasteiger partial charge < -0.3 is 9.47 Å². The zero-order valence-electron chi connectivity index (χ0n) is 21.2. The lowest BCUT2D eigenvalue weighted by Crippen LogP contribution is -2.24. The Balaban J connectivity index is -0.000000469. The molecule has 0 unspecified atom stereocenters. The molecule has 0 radical (unpaired) electrons. The van der Waals surface area contributed by atoms with Crippen LogP contribution in [0.25, 0.3) is 0 Å². The van der Waals surface area contributed by atoms with E-state index < -0.39 is 10.5 Å². The predicted molar refractivity (Wildman–Crippen MR) is 135 cm³/mol. The zero-order chi connectivity index (χ0) is 26.1. The summed E-state index contributed by atoms with van der Waals surface area (Å²) < 4.78 is 9.47. The Kier molecular flexibility index (Phi) is 27.7. The van der Waals surface area contributed by atoms with E-state index >= 15 is 0 Å². The molecule has 0 aromatic rings. The van der Waals surface area contributed by atoms with E-state index in [1.54, 1.807) is 0 Å². The highest BCUT2D eigenvalue weighted by Gasteiger charge is 2.25. The minimum absolute atomic E-state index is 0.134. The molecule has 8 heteroatoms. The van der Waals surface area contributed by atoms with Crippen molar-refractivity contribution in [2.75, 3.05) is 13.7 Å². The molecule has 0 rings (SSSR count). The van der Waals surface area contributed by atoms with Crippen LogP contribution in [-0.4, -0.2) is 36.1 Å². The fourth-order valence-electron chi connectivity index (χ4n) is 2.35. The van der Waals surface area contributed by atoms with Crippen LogP contribution in [-0.2, 0) is 28.7 Å². The van der Waals surface area contributed by atoms with E-state index in [0.29, 0.717) is 6.61 Å². The van der Waals surface area contributed by atoms with E-state index in [4.69, 9.17) is 27.9 Å². The van der Waals surface area contributed by atoms with Crippen LogP contribution in [0.5, 0.6) is 0 Å². The van der Waals surface area contributed by atoms with Gasteiger partial charge in [0.15, 0.2) is 0 Å². The molecule has 33 heavy (non-hydrogen) atoms. The minimum atomic E-state index is -0.722. The third kappa shape index (κ3) is 30.6. The molecular weight excluding hydrogens is 467 g/mol. The Morgan fingerprint density at radius 1 is 0.818 bits per heavy atom. The van der Waals surface area contributed by atoms with Crippen molar-refractivity contribution in [3.63, 3.8) is 0 Å². The summed E-state index contributed by atoms with van der Waals surface area (Å²) in [4.78, 5) is 41.0. The summed E-state index contributed by atoms with van der Waals surface area (Å²) in [5.41, 5.74) is -0.311. The summed E-state index contributed by atoms with van der Waals surface area (Å²) in [5.74, 6) is -0.439. The van der Waals surface area contributed by atoms with E-state index in [1.165, 1.54) is 71.0 Å². The molecule has 0 bridgehead atoms. The van der Waals surface area contributed by atoms with Crippen LogP contribution >= 0.6 is 23.2 Å². The van der Waals surface area contributed by atoms with Gasteiger partial charge in [-0.15, -0.1) is 0 Å². The number of unbranched alkanes of at least 4 members (excludes halogenated alkanes) is 9. The zero-order valence-corrected chi connectivity index (χ0v) is 22.7. The maximum absolute atomic E-state index is 10.8. The van der Waals surface area contributed by atoms with Gasteiger partial charge in [-0.3, -0.25) is 14.4 Å². The smallest absolute Gasteiger partial charge is 0.330 e. The Bertz CT molecular complexity index is 535. The van der Waals surface area contributed by atoms with Gasteiger partial charge in [-0.05, 0) is 49.9 Å². The number of rotatable bonds is 16. The highest BCUT2D eigenvalue weighted by atomic mass is 35.5. The summed E-state index contributed by atoms with van der Waals surface area (Å²) in [6.07, 6.45) is 14.6. The quantitative estimate of drug-likeness (QED) is 0.0720. The molecule has 0 aliphatic rings. The number of esters is 2. The van der Waals surface area contributed by atoms with Crippen LogP contribution in [0.1, 0.15) is 105 Å². The van der Waals surface area contributed by atoms with Crippen LogP contribution in [0.3, 0.4) is 0 Å². The Morgan fingerprint density at radius 2 is 1.24 bits per heavy atom. The van der Waals surface area contributed by atoms with Gasteiger partial charge in [0.25, 0.3) is 0 Å². The highest BCUT2D eigenvalue weighted by molar-refractivity contribution is 6.72. The number of halogens is 2. The average Bonchev–Trinajstić information content (AvgIpc) is 2.76. The predicted octanol–water partition coefficient (Wildman–Crippen LogP) is 7.14. The van der Waals surface area contributed by atoms with Crippen molar-refractivity contribution in [2.24, 2.45) is 5.41 Å². The SMILES string of the molecule is C=CC(=O)OCCCCCCCCCCCC.CCC(C)(C)C(=O)OC.O=C(Cl)CC(=O)Cl. The highest BCUT2D eigenvalue weighted by Crippen LogP contribution is 2.20. The Labute approximate surface area is 210 Å². The van der Waals surface area contributed by atoms with Crippen LogP contribution in [0.2, 0.25) is 0 Å². The molecule has 0 atom stereocenters. The minimum Gasteiger partial charge on any atom is -0.469 e. The Morgan fingerprint density at radius 3 is 1.52 bits per heavy atom. The summed E-state index contributed by atoms with van der Waals surface area (Å²) in [7, 11) is 1.42. The van der Waals surface area contributed by atoms with Crippen molar-refractivity contribution in [1.29, 1.82) is 0 Å². The van der Waals surface area contributed by atoms with Crippen molar-refractivity contribution in [1.82, 2.24) is 0 Å². The van der Waals surface area contributed by atoms with Crippen molar-refractivity contribution in [3.05, 3.63) is 12.7 Å². The molecule has 0 spiro atoms. The number of hydrogen-bond acceptors (Lipinski definition) is 6. The number of carbonyl (C=O) groups excluding carboxylic acids is 4. The van der Waals surface area contributed by atoms with Crippen LogP contribution < -0.4 is 0 Å². The molecular formula is C25H44Cl2O6. The monoisotopic (exact) mass is 510 g/mol. The normalized spacial score (nSPS) is 10.0. The van der Waals surface area contributed by atoms with Crippen LogP contribution in [0, 0.1) is 5.41 Å². The van der Waals surface area contributed by atoms with Gasteiger partial charge >= 0.3 is 11.9 Å². The summed E-state index contributed by atoms with van der Waals surface area (Å²) in [5, 5.41) is -1.44. The maximum atomic E-state index is 10.8. The van der Waals surface area contributed by atoms with Gasteiger partial charge in [0.2, 0.25) is 10.5 Å². The molecule has 0 fully saturated rings. The molecule has 0 saturated carbocycles. The lowest BCUT2D eigenvalue weighted by Gasteiger charge is -2.17. The lowest BCUT2D eigenvalue weighted by atomic mass is 9.91. The fourth-order valence-corrected chi connectivity index (χ4v) is 2.66. The van der Waals surface area contributed by atoms with Crippen molar-refractivity contribution < 1.29 is 28.7 Å². The number of ether oxygens (including phenoxy) is 2. The first-order valence-corrected chi connectivity index (χ1v) is 12.5. The molecule has 0 heterocycles. The van der Waals surface area contributed by atoms with Crippen molar-refractivity contribution in [3.8, 4) is 0 Å². The van der Waals surface area contributed by atoms with E-state index in [9.17, 15) is 19.2 Å². The summed E-state index contributed by atoms with van der Waals surface area (Å²) in [6, 6.07) is 0. The molecule has 0 aromatic heterocycles. The van der Waals surface area contributed by atoms with E-state index in [2.05, 4.69) is 18.2 Å². The first kappa shape index (κ1) is 36.2. The summed E-state index contributed by atoms with van der Waals surface area (Å²) >= 11 is 9.46. The molecule has 0 saturated heterocycles. The van der Waals surface area contributed by atoms with Crippen LogP contribution in [0.15, 0.2) is 12.7 Å². The molecule has 0 aliphatic carbocycles.